The molecule has 1 amide bonds. The smallest absolute Gasteiger partial charge is 0.434 e. The van der Waals surface area contributed by atoms with Gasteiger partial charge in [0, 0.05) is 30.2 Å². The molecule has 0 saturated carbocycles. The average molecular weight is 473 g/mol. The Kier molecular flexibility index (Phi) is 6.43. The lowest BCUT2D eigenvalue weighted by atomic mass is 10.2. The van der Waals surface area contributed by atoms with Gasteiger partial charge in [-0.1, -0.05) is 6.07 Å². The van der Waals surface area contributed by atoms with Crippen molar-refractivity contribution in [3.05, 3.63) is 72.3 Å². The van der Waals surface area contributed by atoms with Crippen molar-refractivity contribution in [2.45, 2.75) is 12.7 Å². The lowest BCUT2D eigenvalue weighted by Gasteiger charge is -2.13. The van der Waals surface area contributed by atoms with Crippen molar-refractivity contribution in [3.63, 3.8) is 0 Å². The summed E-state index contributed by atoms with van der Waals surface area (Å²) < 4.78 is 54.2. The number of hydrogen-bond donors (Lipinski definition) is 1. The molecule has 0 unspecified atom stereocenters. The van der Waals surface area contributed by atoms with Crippen LogP contribution in [0.25, 0.3) is 5.82 Å². The molecule has 0 aliphatic heterocycles. The summed E-state index contributed by atoms with van der Waals surface area (Å²) in [6.45, 7) is 0.818. The number of aromatic nitrogens is 6. The minimum Gasteiger partial charge on any atom is -0.492 e. The van der Waals surface area contributed by atoms with Crippen LogP contribution in [0.1, 0.15) is 16.1 Å². The van der Waals surface area contributed by atoms with E-state index in [-0.39, 0.29) is 17.4 Å². The molecule has 4 aromatic rings. The second kappa shape index (κ2) is 9.60. The molecule has 1 aromatic carbocycles. The number of methoxy groups -OCH3 is 1. The van der Waals surface area contributed by atoms with E-state index in [9.17, 15) is 18.0 Å². The van der Waals surface area contributed by atoms with E-state index in [1.54, 1.807) is 35.3 Å². The summed E-state index contributed by atoms with van der Waals surface area (Å²) in [5, 5.41) is 17.6. The van der Waals surface area contributed by atoms with Crippen LogP contribution in [0.3, 0.4) is 0 Å². The number of rotatable bonds is 8. The van der Waals surface area contributed by atoms with Gasteiger partial charge < -0.3 is 14.8 Å². The van der Waals surface area contributed by atoms with Crippen molar-refractivity contribution < 1.29 is 27.4 Å². The van der Waals surface area contributed by atoms with E-state index in [0.29, 0.717) is 23.6 Å². The standard InChI is InChI=1S/C21H18F3N7O3/c1-33-18-7-6-17(28-29-18)31-19(21(22,23)24)16(13-26-31)20(32)27-14-4-2-5-15(12-14)34-11-10-30-9-3-8-25-30/h2-9,12-13H,10-11H2,1H3,(H,27,32). The molecule has 13 heteroatoms. The maximum atomic E-state index is 13.9. The highest BCUT2D eigenvalue weighted by atomic mass is 19.4. The molecule has 0 saturated heterocycles. The first-order chi connectivity index (χ1) is 16.3. The summed E-state index contributed by atoms with van der Waals surface area (Å²) in [5.74, 6) is -0.659. The molecule has 10 nitrogen and oxygen atoms in total. The van der Waals surface area contributed by atoms with Gasteiger partial charge in [0.2, 0.25) is 5.88 Å². The van der Waals surface area contributed by atoms with E-state index >= 15 is 0 Å². The van der Waals surface area contributed by atoms with Crippen LogP contribution in [0.2, 0.25) is 0 Å². The molecule has 3 heterocycles. The quantitative estimate of drug-likeness (QED) is 0.419. The van der Waals surface area contributed by atoms with E-state index in [1.807, 2.05) is 0 Å². The Morgan fingerprint density at radius 1 is 1.12 bits per heavy atom. The van der Waals surface area contributed by atoms with Crippen molar-refractivity contribution in [2.24, 2.45) is 0 Å². The fourth-order valence-corrected chi connectivity index (χ4v) is 3.05. The molecule has 1 N–H and O–H groups in total. The minimum atomic E-state index is -4.89. The predicted octanol–water partition coefficient (Wildman–Crippen LogP) is 3.22. The van der Waals surface area contributed by atoms with Gasteiger partial charge in [-0.3, -0.25) is 9.48 Å². The van der Waals surface area contributed by atoms with Crippen molar-refractivity contribution in [1.82, 2.24) is 29.8 Å². The number of halogens is 3. The largest absolute Gasteiger partial charge is 0.492 e. The molecule has 0 spiro atoms. The normalized spacial score (nSPS) is 11.3. The van der Waals surface area contributed by atoms with Crippen LogP contribution in [0.15, 0.2) is 61.1 Å². The fraction of sp³-hybridized carbons (Fsp3) is 0.190. The van der Waals surface area contributed by atoms with Crippen LogP contribution in [-0.2, 0) is 12.7 Å². The number of alkyl halides is 3. The summed E-state index contributed by atoms with van der Waals surface area (Å²) in [6.07, 6.45) is -0.624. The first-order valence-corrected chi connectivity index (χ1v) is 9.90. The second-order valence-corrected chi connectivity index (χ2v) is 6.85. The van der Waals surface area contributed by atoms with Crippen LogP contribution in [0, 0.1) is 0 Å². The molecule has 0 radical (unpaired) electrons. The molecule has 0 bridgehead atoms. The molecule has 0 fully saturated rings. The number of carbonyl (C=O) groups is 1. The molecule has 176 valence electrons. The zero-order chi connectivity index (χ0) is 24.1. The Morgan fingerprint density at radius 3 is 2.65 bits per heavy atom. The average Bonchev–Trinajstić information content (AvgIpc) is 3.49. The Labute approximate surface area is 190 Å². The third-order valence-corrected chi connectivity index (χ3v) is 4.57. The van der Waals surface area contributed by atoms with Crippen molar-refractivity contribution in [3.8, 4) is 17.4 Å². The number of nitrogens with zero attached hydrogens (tertiary/aromatic N) is 6. The highest BCUT2D eigenvalue weighted by Gasteiger charge is 2.41. The topological polar surface area (TPSA) is 109 Å². The van der Waals surface area contributed by atoms with Gasteiger partial charge in [0.25, 0.3) is 5.91 Å². The summed E-state index contributed by atoms with van der Waals surface area (Å²) in [7, 11) is 1.35. The molecular formula is C21H18F3N7O3. The number of nitrogens with one attached hydrogen (secondary N) is 1. The molecule has 0 aliphatic rings. The first kappa shape index (κ1) is 22.8. The third kappa shape index (κ3) is 5.14. The zero-order valence-corrected chi connectivity index (χ0v) is 17.7. The van der Waals surface area contributed by atoms with Crippen LogP contribution in [-0.4, -0.2) is 49.4 Å². The van der Waals surface area contributed by atoms with Crippen molar-refractivity contribution >= 4 is 11.6 Å². The lowest BCUT2D eigenvalue weighted by Crippen LogP contribution is -2.21. The van der Waals surface area contributed by atoms with Gasteiger partial charge in [0.05, 0.1) is 25.4 Å². The molecular weight excluding hydrogens is 455 g/mol. The number of hydrogen-bond acceptors (Lipinski definition) is 7. The highest BCUT2D eigenvalue weighted by molar-refractivity contribution is 6.05. The number of ether oxygens (including phenoxy) is 2. The van der Waals surface area contributed by atoms with Crippen LogP contribution < -0.4 is 14.8 Å². The summed E-state index contributed by atoms with van der Waals surface area (Å²) >= 11 is 0. The Hall–Kier alpha value is -4.42. The summed E-state index contributed by atoms with van der Waals surface area (Å²) in [6, 6.07) is 10.7. The van der Waals surface area contributed by atoms with Gasteiger partial charge in [-0.25, -0.2) is 4.68 Å². The molecule has 4 rings (SSSR count). The summed E-state index contributed by atoms with van der Waals surface area (Å²) in [4.78, 5) is 12.7. The van der Waals surface area contributed by atoms with Crippen LogP contribution >= 0.6 is 0 Å². The highest BCUT2D eigenvalue weighted by Crippen LogP contribution is 2.34. The monoisotopic (exact) mass is 473 g/mol. The predicted molar refractivity (Wildman–Crippen MR) is 113 cm³/mol. The number of amides is 1. The van der Waals surface area contributed by atoms with Gasteiger partial charge >= 0.3 is 6.18 Å². The fourth-order valence-electron chi connectivity index (χ4n) is 3.05. The summed E-state index contributed by atoms with van der Waals surface area (Å²) in [5.41, 5.74) is -1.70. The van der Waals surface area contributed by atoms with Gasteiger partial charge in [-0.2, -0.15) is 23.4 Å². The van der Waals surface area contributed by atoms with E-state index in [4.69, 9.17) is 9.47 Å². The van der Waals surface area contributed by atoms with Crippen LogP contribution in [0.4, 0.5) is 18.9 Å². The molecule has 3 aromatic heterocycles. The Morgan fingerprint density at radius 2 is 1.97 bits per heavy atom. The van der Waals surface area contributed by atoms with E-state index in [1.165, 1.54) is 31.4 Å². The third-order valence-electron chi connectivity index (χ3n) is 4.57. The van der Waals surface area contributed by atoms with E-state index in [0.717, 1.165) is 6.20 Å². The van der Waals surface area contributed by atoms with Gasteiger partial charge in [-0.15, -0.1) is 10.2 Å². The molecule has 34 heavy (non-hydrogen) atoms. The first-order valence-electron chi connectivity index (χ1n) is 9.90. The maximum Gasteiger partial charge on any atom is 0.434 e. The molecule has 0 atom stereocenters. The van der Waals surface area contributed by atoms with Gasteiger partial charge in [0.1, 0.15) is 12.4 Å². The number of anilines is 1. The van der Waals surface area contributed by atoms with Crippen molar-refractivity contribution in [2.75, 3.05) is 19.0 Å². The van der Waals surface area contributed by atoms with Gasteiger partial charge in [-0.05, 0) is 24.3 Å². The van der Waals surface area contributed by atoms with E-state index in [2.05, 4.69) is 25.7 Å². The SMILES string of the molecule is COc1ccc(-n2ncc(C(=O)Nc3cccc(OCCn4cccn4)c3)c2C(F)(F)F)nn1. The van der Waals surface area contributed by atoms with E-state index < -0.39 is 23.3 Å². The maximum absolute atomic E-state index is 13.9. The minimum absolute atomic E-state index is 0.120. The zero-order valence-electron chi connectivity index (χ0n) is 17.7. The Balaban J connectivity index is 1.52. The lowest BCUT2D eigenvalue weighted by molar-refractivity contribution is -0.143. The second-order valence-electron chi connectivity index (χ2n) is 6.85. The van der Waals surface area contributed by atoms with Crippen LogP contribution in [0.5, 0.6) is 11.6 Å². The Bertz CT molecular complexity index is 1260. The number of benzene rings is 1. The number of carbonyl (C=O) groups excluding carboxylic acids is 1. The van der Waals surface area contributed by atoms with Gasteiger partial charge in [0.15, 0.2) is 11.5 Å². The molecule has 0 aliphatic carbocycles. The van der Waals surface area contributed by atoms with Crippen molar-refractivity contribution in [1.29, 1.82) is 0 Å².